The highest BCUT2D eigenvalue weighted by atomic mass is 19.1. The van der Waals surface area contributed by atoms with E-state index in [-0.39, 0.29) is 17.6 Å². The van der Waals surface area contributed by atoms with Crippen LogP contribution in [-0.4, -0.2) is 23.9 Å². The van der Waals surface area contributed by atoms with Gasteiger partial charge in [0.2, 0.25) is 0 Å². The second-order valence-electron chi connectivity index (χ2n) is 5.23. The zero-order chi connectivity index (χ0) is 14.8. The van der Waals surface area contributed by atoms with E-state index in [9.17, 15) is 13.6 Å². The number of benzene rings is 1. The predicted octanol–water partition coefficient (Wildman–Crippen LogP) is 3.58. The summed E-state index contributed by atoms with van der Waals surface area (Å²) in [6, 6.07) is 6.72. The Balaban J connectivity index is 1.80. The number of hydrogen-bond donors (Lipinski definition) is 0. The lowest BCUT2D eigenvalue weighted by atomic mass is 9.90. The number of halogens is 2. The summed E-state index contributed by atoms with van der Waals surface area (Å²) in [6.45, 7) is 0.979. The van der Waals surface area contributed by atoms with Crippen LogP contribution in [0.15, 0.2) is 41.0 Å². The number of carbonyl (C=O) groups excluding carboxylic acids is 1. The Morgan fingerprint density at radius 3 is 2.90 bits per heavy atom. The number of furan rings is 1. The van der Waals surface area contributed by atoms with E-state index in [1.165, 1.54) is 12.3 Å². The third kappa shape index (κ3) is 2.82. The summed E-state index contributed by atoms with van der Waals surface area (Å²) in [5.41, 5.74) is 0.340. The van der Waals surface area contributed by atoms with Gasteiger partial charge in [0.15, 0.2) is 5.76 Å². The van der Waals surface area contributed by atoms with Gasteiger partial charge in [-0.2, -0.15) is 0 Å². The van der Waals surface area contributed by atoms with Crippen LogP contribution in [0.25, 0.3) is 0 Å². The number of rotatable bonds is 2. The van der Waals surface area contributed by atoms with E-state index in [4.69, 9.17) is 4.42 Å². The van der Waals surface area contributed by atoms with E-state index in [1.54, 1.807) is 17.0 Å². The van der Waals surface area contributed by atoms with Crippen LogP contribution in [0.3, 0.4) is 0 Å². The highest BCUT2D eigenvalue weighted by molar-refractivity contribution is 5.91. The van der Waals surface area contributed by atoms with Gasteiger partial charge < -0.3 is 9.32 Å². The van der Waals surface area contributed by atoms with Gasteiger partial charge in [-0.3, -0.25) is 4.79 Å². The normalized spacial score (nSPS) is 18.8. The van der Waals surface area contributed by atoms with Crippen molar-refractivity contribution in [2.24, 2.45) is 0 Å². The Bertz CT molecular complexity index is 640. The number of carbonyl (C=O) groups is 1. The third-order valence-corrected chi connectivity index (χ3v) is 3.84. The average molecular weight is 291 g/mol. The molecule has 0 N–H and O–H groups in total. The van der Waals surface area contributed by atoms with E-state index in [0.29, 0.717) is 18.7 Å². The van der Waals surface area contributed by atoms with Crippen molar-refractivity contribution < 1.29 is 18.0 Å². The minimum atomic E-state index is -0.458. The second kappa shape index (κ2) is 5.68. The quantitative estimate of drug-likeness (QED) is 0.847. The Labute approximate surface area is 121 Å². The molecule has 1 aromatic heterocycles. The highest BCUT2D eigenvalue weighted by Crippen LogP contribution is 2.30. The molecule has 1 aromatic carbocycles. The molecule has 1 fully saturated rings. The van der Waals surface area contributed by atoms with Gasteiger partial charge in [0, 0.05) is 19.0 Å². The zero-order valence-electron chi connectivity index (χ0n) is 11.4. The van der Waals surface area contributed by atoms with Crippen LogP contribution >= 0.6 is 0 Å². The molecule has 1 saturated heterocycles. The fourth-order valence-electron chi connectivity index (χ4n) is 2.80. The molecule has 3 nitrogen and oxygen atoms in total. The zero-order valence-corrected chi connectivity index (χ0v) is 11.4. The van der Waals surface area contributed by atoms with Crippen molar-refractivity contribution in [3.8, 4) is 0 Å². The minimum Gasteiger partial charge on any atom is -0.459 e. The molecule has 0 unspecified atom stereocenters. The molecular weight excluding hydrogens is 276 g/mol. The molecule has 5 heteroatoms. The highest BCUT2D eigenvalue weighted by Gasteiger charge is 2.28. The van der Waals surface area contributed by atoms with Gasteiger partial charge in [0.1, 0.15) is 11.6 Å². The van der Waals surface area contributed by atoms with Crippen molar-refractivity contribution in [2.45, 2.75) is 18.8 Å². The molecule has 1 amide bonds. The van der Waals surface area contributed by atoms with Gasteiger partial charge in [-0.1, -0.05) is 0 Å². The fraction of sp³-hybridized carbons (Fsp3) is 0.312. The molecule has 0 aliphatic carbocycles. The Kier molecular flexibility index (Phi) is 3.73. The molecule has 0 spiro atoms. The Morgan fingerprint density at radius 1 is 1.29 bits per heavy atom. The predicted molar refractivity (Wildman–Crippen MR) is 72.9 cm³/mol. The lowest BCUT2D eigenvalue weighted by Crippen LogP contribution is -2.39. The monoisotopic (exact) mass is 291 g/mol. The standard InChI is InChI=1S/C16H15F2NO2/c17-12-5-6-14(18)13(9-12)11-3-1-7-19(10-11)16(20)15-4-2-8-21-15/h2,4-6,8-9,11H,1,3,7,10H2/t11-/m0/s1. The maximum absolute atomic E-state index is 13.9. The molecule has 0 saturated carbocycles. The smallest absolute Gasteiger partial charge is 0.289 e. The molecule has 1 aliphatic rings. The molecule has 0 bridgehead atoms. The fourth-order valence-corrected chi connectivity index (χ4v) is 2.80. The van der Waals surface area contributed by atoms with Gasteiger partial charge in [0.05, 0.1) is 6.26 Å². The van der Waals surface area contributed by atoms with Crippen molar-refractivity contribution in [3.63, 3.8) is 0 Å². The van der Waals surface area contributed by atoms with Crippen molar-refractivity contribution in [1.29, 1.82) is 0 Å². The molecule has 110 valence electrons. The van der Waals surface area contributed by atoms with Gasteiger partial charge in [0.25, 0.3) is 5.91 Å². The first-order valence-electron chi connectivity index (χ1n) is 6.93. The molecule has 2 aromatic rings. The Morgan fingerprint density at radius 2 is 2.14 bits per heavy atom. The van der Waals surface area contributed by atoms with Crippen LogP contribution < -0.4 is 0 Å². The maximum atomic E-state index is 13.9. The van der Waals surface area contributed by atoms with Gasteiger partial charge in [-0.05, 0) is 48.7 Å². The van der Waals surface area contributed by atoms with Crippen LogP contribution in [0.5, 0.6) is 0 Å². The van der Waals surface area contributed by atoms with E-state index in [0.717, 1.165) is 25.0 Å². The summed E-state index contributed by atoms with van der Waals surface area (Å²) in [5, 5.41) is 0. The molecule has 3 rings (SSSR count). The minimum absolute atomic E-state index is 0.187. The number of amides is 1. The van der Waals surface area contributed by atoms with Crippen LogP contribution in [0, 0.1) is 11.6 Å². The van der Waals surface area contributed by atoms with Crippen molar-refractivity contribution in [1.82, 2.24) is 4.90 Å². The molecular formula is C16H15F2NO2. The van der Waals surface area contributed by atoms with Crippen LogP contribution in [0.4, 0.5) is 8.78 Å². The van der Waals surface area contributed by atoms with Crippen LogP contribution in [-0.2, 0) is 0 Å². The largest absolute Gasteiger partial charge is 0.459 e. The molecule has 1 aliphatic heterocycles. The van der Waals surface area contributed by atoms with Crippen molar-refractivity contribution in [2.75, 3.05) is 13.1 Å². The summed E-state index contributed by atoms with van der Waals surface area (Å²) in [5.74, 6) is -1.00. The van der Waals surface area contributed by atoms with Gasteiger partial charge in [-0.25, -0.2) is 8.78 Å². The summed E-state index contributed by atoms with van der Waals surface area (Å²) in [6.07, 6.45) is 2.94. The summed E-state index contributed by atoms with van der Waals surface area (Å²) >= 11 is 0. The van der Waals surface area contributed by atoms with Gasteiger partial charge >= 0.3 is 0 Å². The molecule has 21 heavy (non-hydrogen) atoms. The topological polar surface area (TPSA) is 33.5 Å². The van der Waals surface area contributed by atoms with E-state index < -0.39 is 11.6 Å². The number of hydrogen-bond acceptors (Lipinski definition) is 2. The number of piperidine rings is 1. The third-order valence-electron chi connectivity index (χ3n) is 3.84. The first-order valence-corrected chi connectivity index (χ1v) is 6.93. The van der Waals surface area contributed by atoms with Crippen LogP contribution in [0.2, 0.25) is 0 Å². The SMILES string of the molecule is O=C(c1ccco1)N1CCC[C@H](c2cc(F)ccc2F)C1. The summed E-state index contributed by atoms with van der Waals surface area (Å²) in [4.78, 5) is 13.9. The Hall–Kier alpha value is -2.17. The second-order valence-corrected chi connectivity index (χ2v) is 5.23. The van der Waals surface area contributed by atoms with Gasteiger partial charge in [-0.15, -0.1) is 0 Å². The maximum Gasteiger partial charge on any atom is 0.289 e. The van der Waals surface area contributed by atoms with E-state index >= 15 is 0 Å². The van der Waals surface area contributed by atoms with Crippen LogP contribution in [0.1, 0.15) is 34.9 Å². The lowest BCUT2D eigenvalue weighted by Gasteiger charge is -2.32. The molecule has 1 atom stereocenters. The van der Waals surface area contributed by atoms with Crippen molar-refractivity contribution >= 4 is 5.91 Å². The lowest BCUT2D eigenvalue weighted by molar-refractivity contribution is 0.0673. The van der Waals surface area contributed by atoms with E-state index in [1.807, 2.05) is 0 Å². The first-order chi connectivity index (χ1) is 10.1. The molecule has 0 radical (unpaired) electrons. The van der Waals surface area contributed by atoms with E-state index in [2.05, 4.69) is 0 Å². The summed E-state index contributed by atoms with van der Waals surface area (Å²) in [7, 11) is 0. The molecule has 2 heterocycles. The average Bonchev–Trinajstić information content (AvgIpc) is 3.03. The van der Waals surface area contributed by atoms with Crippen molar-refractivity contribution in [3.05, 3.63) is 59.6 Å². The number of likely N-dealkylation sites (tertiary alicyclic amines) is 1. The first kappa shape index (κ1) is 13.8. The summed E-state index contributed by atoms with van der Waals surface area (Å²) < 4.78 is 32.3. The number of nitrogens with zero attached hydrogens (tertiary/aromatic N) is 1.